The minimum atomic E-state index is -4.12. The van der Waals surface area contributed by atoms with Crippen molar-refractivity contribution in [3.63, 3.8) is 0 Å². The fourth-order valence-electron chi connectivity index (χ4n) is 3.31. The van der Waals surface area contributed by atoms with Crippen LogP contribution in [0, 0.1) is 12.8 Å². The summed E-state index contributed by atoms with van der Waals surface area (Å²) in [6.07, 6.45) is 3.73. The Balaban J connectivity index is 1.90. The van der Waals surface area contributed by atoms with Gasteiger partial charge in [0.25, 0.3) is 15.9 Å². The molecule has 0 saturated carbocycles. The maximum Gasteiger partial charge on any atom is 0.271 e. The van der Waals surface area contributed by atoms with Crippen molar-refractivity contribution < 1.29 is 22.7 Å². The van der Waals surface area contributed by atoms with E-state index < -0.39 is 15.9 Å². The normalized spacial score (nSPS) is 11.6. The molecule has 0 spiro atoms. The van der Waals surface area contributed by atoms with Crippen LogP contribution in [-0.4, -0.2) is 28.0 Å². The molecule has 0 aliphatic rings. The van der Waals surface area contributed by atoms with Crippen LogP contribution in [0.25, 0.3) is 6.08 Å². The third kappa shape index (κ3) is 6.73. The first kappa shape index (κ1) is 26.0. The van der Waals surface area contributed by atoms with Crippen LogP contribution in [0.1, 0.15) is 31.4 Å². The van der Waals surface area contributed by atoms with Gasteiger partial charge in [0.15, 0.2) is 11.5 Å². The van der Waals surface area contributed by atoms with Crippen LogP contribution in [-0.2, 0) is 14.8 Å². The quantitative estimate of drug-likeness (QED) is 0.331. The van der Waals surface area contributed by atoms with E-state index in [4.69, 9.17) is 9.47 Å². The molecule has 0 saturated heterocycles. The number of rotatable bonds is 10. The molecule has 1 amide bonds. The van der Waals surface area contributed by atoms with Crippen LogP contribution >= 0.6 is 0 Å². The van der Waals surface area contributed by atoms with Gasteiger partial charge in [-0.1, -0.05) is 55.8 Å². The average Bonchev–Trinajstić information content (AvgIpc) is 2.84. The predicted octanol–water partition coefficient (Wildman–Crippen LogP) is 5.86. The Morgan fingerprint density at radius 3 is 2.29 bits per heavy atom. The number of methoxy groups -OCH3 is 1. The van der Waals surface area contributed by atoms with E-state index in [-0.39, 0.29) is 10.6 Å². The fraction of sp³-hybridized carbons (Fsp3) is 0.250. The number of sulfonamides is 1. The zero-order valence-electron chi connectivity index (χ0n) is 20.5. The van der Waals surface area contributed by atoms with E-state index in [1.165, 1.54) is 18.2 Å². The Hall–Kier alpha value is -3.58. The largest absolute Gasteiger partial charge is 0.493 e. The van der Waals surface area contributed by atoms with E-state index in [0.717, 1.165) is 16.3 Å². The SMILES string of the molecule is COc1cc(/C=C/C(=O)N(c2ccc(C)cc2)S(=O)(=O)c2ccccc2)ccc1OCCC(C)C. The number of nitrogens with zero attached hydrogens (tertiary/aromatic N) is 1. The summed E-state index contributed by atoms with van der Waals surface area (Å²) < 4.78 is 38.9. The number of hydrogen-bond donors (Lipinski definition) is 0. The van der Waals surface area contributed by atoms with Crippen molar-refractivity contribution in [2.24, 2.45) is 5.92 Å². The van der Waals surface area contributed by atoms with Gasteiger partial charge in [0.1, 0.15) is 0 Å². The van der Waals surface area contributed by atoms with E-state index in [9.17, 15) is 13.2 Å². The number of aryl methyl sites for hydroxylation is 1. The summed E-state index contributed by atoms with van der Waals surface area (Å²) in [6, 6.07) is 20.0. The molecule has 35 heavy (non-hydrogen) atoms. The van der Waals surface area contributed by atoms with Gasteiger partial charge in [0.2, 0.25) is 0 Å². The molecular weight excluding hydrogens is 462 g/mol. The van der Waals surface area contributed by atoms with Crippen LogP contribution in [0.5, 0.6) is 11.5 Å². The molecule has 6 nitrogen and oxygen atoms in total. The van der Waals surface area contributed by atoms with Crippen molar-refractivity contribution in [1.82, 2.24) is 0 Å². The lowest BCUT2D eigenvalue weighted by Gasteiger charge is -2.21. The van der Waals surface area contributed by atoms with E-state index >= 15 is 0 Å². The highest BCUT2D eigenvalue weighted by Gasteiger charge is 2.29. The van der Waals surface area contributed by atoms with Gasteiger partial charge in [-0.05, 0) is 67.3 Å². The van der Waals surface area contributed by atoms with E-state index in [1.54, 1.807) is 73.8 Å². The minimum absolute atomic E-state index is 0.0342. The maximum absolute atomic E-state index is 13.4. The first-order valence-corrected chi connectivity index (χ1v) is 12.9. The molecular formula is C28H31NO5S. The molecule has 0 atom stereocenters. The van der Waals surface area contributed by atoms with Crippen molar-refractivity contribution >= 4 is 27.7 Å². The topological polar surface area (TPSA) is 72.9 Å². The van der Waals surface area contributed by atoms with Crippen LogP contribution in [0.4, 0.5) is 5.69 Å². The summed E-state index contributed by atoms with van der Waals surface area (Å²) in [7, 11) is -2.57. The number of carbonyl (C=O) groups excluding carboxylic acids is 1. The van der Waals surface area contributed by atoms with Gasteiger partial charge in [0.05, 0.1) is 24.3 Å². The van der Waals surface area contributed by atoms with Gasteiger partial charge in [0, 0.05) is 6.08 Å². The maximum atomic E-state index is 13.4. The lowest BCUT2D eigenvalue weighted by Crippen LogP contribution is -2.35. The molecule has 0 bridgehead atoms. The average molecular weight is 494 g/mol. The molecule has 7 heteroatoms. The molecule has 0 heterocycles. The third-order valence-electron chi connectivity index (χ3n) is 5.31. The highest BCUT2D eigenvalue weighted by Crippen LogP contribution is 2.29. The van der Waals surface area contributed by atoms with Gasteiger partial charge in [-0.3, -0.25) is 4.79 Å². The van der Waals surface area contributed by atoms with Gasteiger partial charge in [-0.2, -0.15) is 4.31 Å². The number of benzene rings is 3. The van der Waals surface area contributed by atoms with Crippen molar-refractivity contribution in [1.29, 1.82) is 0 Å². The Bertz CT molecular complexity index is 1270. The minimum Gasteiger partial charge on any atom is -0.493 e. The summed E-state index contributed by atoms with van der Waals surface area (Å²) in [5, 5.41) is 0. The Kier molecular flexibility index (Phi) is 8.71. The van der Waals surface area contributed by atoms with Gasteiger partial charge < -0.3 is 9.47 Å². The summed E-state index contributed by atoms with van der Waals surface area (Å²) in [5.41, 5.74) is 1.89. The smallest absolute Gasteiger partial charge is 0.271 e. The molecule has 0 aliphatic carbocycles. The molecule has 3 aromatic rings. The second-order valence-electron chi connectivity index (χ2n) is 8.53. The summed E-state index contributed by atoms with van der Waals surface area (Å²) in [5.74, 6) is 0.993. The van der Waals surface area contributed by atoms with Gasteiger partial charge in [-0.25, -0.2) is 8.42 Å². The van der Waals surface area contributed by atoms with Crippen LogP contribution in [0.3, 0.4) is 0 Å². The van der Waals surface area contributed by atoms with Crippen molar-refractivity contribution in [2.45, 2.75) is 32.1 Å². The van der Waals surface area contributed by atoms with Crippen molar-refractivity contribution in [2.75, 3.05) is 18.0 Å². The molecule has 0 aromatic heterocycles. The first-order chi connectivity index (χ1) is 16.7. The van der Waals surface area contributed by atoms with E-state index in [1.807, 2.05) is 6.92 Å². The second kappa shape index (κ2) is 11.7. The monoisotopic (exact) mass is 493 g/mol. The molecule has 0 radical (unpaired) electrons. The molecule has 0 unspecified atom stereocenters. The number of anilines is 1. The number of carbonyl (C=O) groups is 1. The predicted molar refractivity (Wildman–Crippen MR) is 139 cm³/mol. The zero-order chi connectivity index (χ0) is 25.4. The lowest BCUT2D eigenvalue weighted by atomic mass is 10.1. The van der Waals surface area contributed by atoms with Crippen LogP contribution in [0.2, 0.25) is 0 Å². The Morgan fingerprint density at radius 2 is 1.66 bits per heavy atom. The highest BCUT2D eigenvalue weighted by atomic mass is 32.2. The van der Waals surface area contributed by atoms with E-state index in [0.29, 0.717) is 29.6 Å². The number of amides is 1. The number of hydrogen-bond acceptors (Lipinski definition) is 5. The molecule has 184 valence electrons. The molecule has 3 aromatic carbocycles. The third-order valence-corrected chi connectivity index (χ3v) is 7.05. The van der Waals surface area contributed by atoms with Crippen LogP contribution < -0.4 is 13.8 Å². The number of ether oxygens (including phenoxy) is 2. The van der Waals surface area contributed by atoms with Crippen molar-refractivity contribution in [3.05, 3.63) is 90.0 Å². The molecule has 3 rings (SSSR count). The lowest BCUT2D eigenvalue weighted by molar-refractivity contribution is -0.113. The summed E-state index contributed by atoms with van der Waals surface area (Å²) in [6.45, 7) is 6.72. The molecule has 0 fully saturated rings. The van der Waals surface area contributed by atoms with E-state index in [2.05, 4.69) is 13.8 Å². The summed E-state index contributed by atoms with van der Waals surface area (Å²) >= 11 is 0. The fourth-order valence-corrected chi connectivity index (χ4v) is 4.72. The van der Waals surface area contributed by atoms with Crippen molar-refractivity contribution in [3.8, 4) is 11.5 Å². The Labute approximate surface area is 207 Å². The van der Waals surface area contributed by atoms with Crippen LogP contribution in [0.15, 0.2) is 83.8 Å². The van der Waals surface area contributed by atoms with Gasteiger partial charge in [-0.15, -0.1) is 0 Å². The second-order valence-corrected chi connectivity index (χ2v) is 10.3. The molecule has 0 aliphatic heterocycles. The first-order valence-electron chi connectivity index (χ1n) is 11.4. The Morgan fingerprint density at radius 1 is 0.971 bits per heavy atom. The standard InChI is InChI=1S/C28H31NO5S/c1-21(2)18-19-34-26-16-12-23(20-27(26)33-4)13-17-28(30)29(24-14-10-22(3)11-15-24)35(31,32)25-8-6-5-7-9-25/h5-17,20-21H,18-19H2,1-4H3/b17-13+. The zero-order valence-corrected chi connectivity index (χ0v) is 21.3. The molecule has 0 N–H and O–H groups in total. The summed E-state index contributed by atoms with van der Waals surface area (Å²) in [4.78, 5) is 13.3. The highest BCUT2D eigenvalue weighted by molar-refractivity contribution is 7.93. The van der Waals surface area contributed by atoms with Gasteiger partial charge >= 0.3 is 0 Å².